The van der Waals surface area contributed by atoms with Crippen LogP contribution in [0.2, 0.25) is 0 Å². The zero-order chi connectivity index (χ0) is 14.9. The molecule has 2 saturated heterocycles. The lowest BCUT2D eigenvalue weighted by Gasteiger charge is -2.26. The van der Waals surface area contributed by atoms with Gasteiger partial charge in [-0.15, -0.1) is 0 Å². The number of carbonyl (C=O) groups excluding carboxylic acids is 1. The molecule has 5 nitrogen and oxygen atoms in total. The van der Waals surface area contributed by atoms with Crippen molar-refractivity contribution in [3.05, 3.63) is 0 Å². The highest BCUT2D eigenvalue weighted by molar-refractivity contribution is 5.74. The molecule has 1 N–H and O–H groups in total. The van der Waals surface area contributed by atoms with Crippen molar-refractivity contribution in [1.29, 1.82) is 0 Å². The van der Waals surface area contributed by atoms with Gasteiger partial charge in [-0.25, -0.2) is 4.79 Å². The fraction of sp³-hybridized carbons (Fsp3) is 0.938. The summed E-state index contributed by atoms with van der Waals surface area (Å²) in [6.07, 6.45) is 4.77. The lowest BCUT2D eigenvalue weighted by molar-refractivity contribution is -0.153. The molecule has 3 atom stereocenters. The summed E-state index contributed by atoms with van der Waals surface area (Å²) in [6, 6.07) is 0.106. The third-order valence-corrected chi connectivity index (χ3v) is 5.23. The Hall–Kier alpha value is -0.810. The van der Waals surface area contributed by atoms with Crippen LogP contribution in [-0.4, -0.2) is 49.6 Å². The van der Waals surface area contributed by atoms with Crippen LogP contribution in [0.25, 0.3) is 0 Å². The SMILES string of the molecule is C[C@H](CNC(=O)N1C[C@@H]2CCC[C@H]2C1)CC1(C)OCCO1. The normalized spacial score (nSPS) is 32.2. The molecule has 0 unspecified atom stereocenters. The van der Waals surface area contributed by atoms with Crippen molar-refractivity contribution in [2.45, 2.75) is 45.3 Å². The summed E-state index contributed by atoms with van der Waals surface area (Å²) >= 11 is 0. The zero-order valence-electron chi connectivity index (χ0n) is 13.3. The van der Waals surface area contributed by atoms with Gasteiger partial charge in [-0.1, -0.05) is 13.3 Å². The summed E-state index contributed by atoms with van der Waals surface area (Å²) in [5.74, 6) is 1.40. The second kappa shape index (κ2) is 6.13. The average Bonchev–Trinajstić information content (AvgIpc) is 3.11. The Morgan fingerprint density at radius 3 is 2.52 bits per heavy atom. The molecule has 0 spiro atoms. The van der Waals surface area contributed by atoms with Crippen LogP contribution in [0, 0.1) is 17.8 Å². The first-order valence-electron chi connectivity index (χ1n) is 8.36. The average molecular weight is 296 g/mol. The van der Waals surface area contributed by atoms with Gasteiger partial charge in [-0.3, -0.25) is 0 Å². The molecule has 0 bridgehead atoms. The van der Waals surface area contributed by atoms with Crippen molar-refractivity contribution < 1.29 is 14.3 Å². The van der Waals surface area contributed by atoms with Crippen LogP contribution in [0.4, 0.5) is 4.79 Å². The lowest BCUT2D eigenvalue weighted by atomic mass is 10.0. The predicted octanol–water partition coefficient (Wildman–Crippen LogP) is 2.22. The summed E-state index contributed by atoms with van der Waals surface area (Å²) in [5, 5.41) is 3.08. The second-order valence-electron chi connectivity index (χ2n) is 7.18. The Bertz CT molecular complexity index is 370. The Morgan fingerprint density at radius 2 is 1.90 bits per heavy atom. The number of likely N-dealkylation sites (tertiary alicyclic amines) is 1. The van der Waals surface area contributed by atoms with Crippen LogP contribution in [0.3, 0.4) is 0 Å². The highest BCUT2D eigenvalue weighted by Gasteiger charge is 2.38. The number of fused-ring (bicyclic) bond motifs is 1. The standard InChI is InChI=1S/C16H28N2O3/c1-12(8-16(2)20-6-7-21-16)9-17-15(19)18-10-13-4-3-5-14(13)11-18/h12-14H,3-11H2,1-2H3,(H,17,19)/t12-,13-,14-/m0/s1. The molecular formula is C16H28N2O3. The van der Waals surface area contributed by atoms with Gasteiger partial charge in [-0.05, 0) is 37.5 Å². The molecule has 5 heteroatoms. The van der Waals surface area contributed by atoms with E-state index in [1.165, 1.54) is 19.3 Å². The van der Waals surface area contributed by atoms with Gasteiger partial charge in [-0.2, -0.15) is 0 Å². The number of urea groups is 1. The van der Waals surface area contributed by atoms with E-state index in [2.05, 4.69) is 12.2 Å². The number of ether oxygens (including phenoxy) is 2. The topological polar surface area (TPSA) is 50.8 Å². The molecule has 3 rings (SSSR count). The van der Waals surface area contributed by atoms with Crippen molar-refractivity contribution >= 4 is 6.03 Å². The third kappa shape index (κ3) is 3.51. The van der Waals surface area contributed by atoms with Crippen molar-refractivity contribution in [3.63, 3.8) is 0 Å². The monoisotopic (exact) mass is 296 g/mol. The smallest absolute Gasteiger partial charge is 0.317 e. The molecule has 0 aromatic rings. The van der Waals surface area contributed by atoms with Gasteiger partial charge < -0.3 is 19.7 Å². The van der Waals surface area contributed by atoms with Gasteiger partial charge in [0.15, 0.2) is 5.79 Å². The van der Waals surface area contributed by atoms with Crippen molar-refractivity contribution in [3.8, 4) is 0 Å². The molecular weight excluding hydrogens is 268 g/mol. The Labute approximate surface area is 127 Å². The summed E-state index contributed by atoms with van der Waals surface area (Å²) in [6.45, 7) is 8.06. The first kappa shape index (κ1) is 15.1. The summed E-state index contributed by atoms with van der Waals surface area (Å²) in [7, 11) is 0. The molecule has 21 heavy (non-hydrogen) atoms. The molecule has 0 aromatic carbocycles. The van der Waals surface area contributed by atoms with E-state index in [1.54, 1.807) is 0 Å². The number of rotatable bonds is 4. The molecule has 2 aliphatic heterocycles. The maximum absolute atomic E-state index is 12.3. The van der Waals surface area contributed by atoms with Gasteiger partial charge in [0.25, 0.3) is 0 Å². The number of nitrogens with one attached hydrogen (secondary N) is 1. The molecule has 0 aromatic heterocycles. The van der Waals surface area contributed by atoms with Crippen LogP contribution >= 0.6 is 0 Å². The van der Waals surface area contributed by atoms with Gasteiger partial charge in [0, 0.05) is 26.1 Å². The van der Waals surface area contributed by atoms with Crippen LogP contribution < -0.4 is 5.32 Å². The molecule has 0 radical (unpaired) electrons. The number of hydrogen-bond acceptors (Lipinski definition) is 3. The minimum Gasteiger partial charge on any atom is -0.348 e. The van der Waals surface area contributed by atoms with Crippen LogP contribution in [0.1, 0.15) is 39.5 Å². The Kier molecular flexibility index (Phi) is 4.41. The second-order valence-corrected chi connectivity index (χ2v) is 7.18. The third-order valence-electron chi connectivity index (χ3n) is 5.23. The highest BCUT2D eigenvalue weighted by Crippen LogP contribution is 2.37. The molecule has 120 valence electrons. The van der Waals surface area contributed by atoms with E-state index in [0.717, 1.165) is 31.3 Å². The van der Waals surface area contributed by atoms with Crippen molar-refractivity contribution in [2.75, 3.05) is 32.8 Å². The van der Waals surface area contributed by atoms with E-state index in [0.29, 0.717) is 25.7 Å². The van der Waals surface area contributed by atoms with Gasteiger partial charge >= 0.3 is 6.03 Å². The van der Waals surface area contributed by atoms with Gasteiger partial charge in [0.1, 0.15) is 0 Å². The van der Waals surface area contributed by atoms with E-state index in [-0.39, 0.29) is 6.03 Å². The van der Waals surface area contributed by atoms with Crippen molar-refractivity contribution in [2.24, 2.45) is 17.8 Å². The molecule has 3 aliphatic rings. The fourth-order valence-electron chi connectivity index (χ4n) is 4.15. The number of nitrogens with zero attached hydrogens (tertiary/aromatic N) is 1. The van der Waals surface area contributed by atoms with Crippen LogP contribution in [0.15, 0.2) is 0 Å². The fourth-order valence-corrected chi connectivity index (χ4v) is 4.15. The molecule has 3 fully saturated rings. The summed E-state index contributed by atoms with van der Waals surface area (Å²) in [5.41, 5.74) is 0. The maximum atomic E-state index is 12.3. The number of carbonyl (C=O) groups is 1. The van der Waals surface area contributed by atoms with Crippen LogP contribution in [-0.2, 0) is 9.47 Å². The van der Waals surface area contributed by atoms with E-state index >= 15 is 0 Å². The molecule has 1 saturated carbocycles. The van der Waals surface area contributed by atoms with E-state index in [1.807, 2.05) is 11.8 Å². The minimum atomic E-state index is -0.463. The van der Waals surface area contributed by atoms with Crippen LogP contribution in [0.5, 0.6) is 0 Å². The minimum absolute atomic E-state index is 0.106. The predicted molar refractivity (Wildman–Crippen MR) is 79.9 cm³/mol. The van der Waals surface area contributed by atoms with E-state index < -0.39 is 5.79 Å². The molecule has 2 heterocycles. The van der Waals surface area contributed by atoms with E-state index in [9.17, 15) is 4.79 Å². The zero-order valence-corrected chi connectivity index (χ0v) is 13.3. The summed E-state index contributed by atoms with van der Waals surface area (Å²) in [4.78, 5) is 14.3. The van der Waals surface area contributed by atoms with Crippen molar-refractivity contribution in [1.82, 2.24) is 10.2 Å². The Morgan fingerprint density at radius 1 is 1.29 bits per heavy atom. The first-order chi connectivity index (χ1) is 10.1. The summed E-state index contributed by atoms with van der Waals surface area (Å²) < 4.78 is 11.2. The van der Waals surface area contributed by atoms with E-state index in [4.69, 9.17) is 9.47 Å². The maximum Gasteiger partial charge on any atom is 0.317 e. The van der Waals surface area contributed by atoms with Gasteiger partial charge in [0.05, 0.1) is 13.2 Å². The largest absolute Gasteiger partial charge is 0.348 e. The quantitative estimate of drug-likeness (QED) is 0.865. The Balaban J connectivity index is 1.39. The lowest BCUT2D eigenvalue weighted by Crippen LogP contribution is -2.41. The molecule has 2 amide bonds. The molecule has 1 aliphatic carbocycles. The first-order valence-corrected chi connectivity index (χ1v) is 8.36. The van der Waals surface area contributed by atoms with Gasteiger partial charge in [0.2, 0.25) is 0 Å². The number of amides is 2. The number of hydrogen-bond donors (Lipinski definition) is 1. The highest BCUT2D eigenvalue weighted by atomic mass is 16.7.